The van der Waals surface area contributed by atoms with Crippen molar-refractivity contribution in [2.24, 2.45) is 5.73 Å². The first kappa shape index (κ1) is 31.2. The fourth-order valence-electron chi connectivity index (χ4n) is 4.13. The third-order valence-electron chi connectivity index (χ3n) is 5.95. The smallest absolute Gasteiger partial charge is 0.396 e. The summed E-state index contributed by atoms with van der Waals surface area (Å²) in [7, 11) is 0.954. The number of hydrogen-bond donors (Lipinski definition) is 4. The van der Waals surface area contributed by atoms with Gasteiger partial charge in [0.15, 0.2) is 0 Å². The lowest BCUT2D eigenvalue weighted by molar-refractivity contribution is -0.200. The van der Waals surface area contributed by atoms with Gasteiger partial charge >= 0.3 is 17.8 Å². The number of likely N-dealkylation sites (tertiary alicyclic amines) is 1. The molecule has 13 nitrogen and oxygen atoms in total. The van der Waals surface area contributed by atoms with Crippen molar-refractivity contribution >= 4 is 35.6 Å². The van der Waals surface area contributed by atoms with Crippen molar-refractivity contribution in [3.8, 4) is 0 Å². The Labute approximate surface area is 226 Å². The molecule has 0 aromatic heterocycles. The predicted octanol–water partition coefficient (Wildman–Crippen LogP) is -0.710. The van der Waals surface area contributed by atoms with E-state index in [2.05, 4.69) is 10.1 Å². The number of amides is 4. The molecule has 0 unspecified atom stereocenters. The Bertz CT molecular complexity index is 1090. The van der Waals surface area contributed by atoms with Crippen molar-refractivity contribution in [3.05, 3.63) is 35.9 Å². The maximum absolute atomic E-state index is 13.2. The van der Waals surface area contributed by atoms with Gasteiger partial charge in [-0.05, 0) is 45.6 Å². The number of hydrogen-bond acceptors (Lipinski definition) is 9. The number of carbonyl (C=O) groups excluding carboxylic acids is 6. The van der Waals surface area contributed by atoms with E-state index in [1.807, 2.05) is 35.6 Å². The molecule has 2 rings (SSSR count). The van der Waals surface area contributed by atoms with Gasteiger partial charge in [-0.15, -0.1) is 0 Å². The summed E-state index contributed by atoms with van der Waals surface area (Å²) in [5, 5.41) is 16.1. The zero-order valence-corrected chi connectivity index (χ0v) is 22.5. The highest BCUT2D eigenvalue weighted by molar-refractivity contribution is 6.33. The van der Waals surface area contributed by atoms with Crippen LogP contribution >= 0.6 is 0 Å². The fourth-order valence-corrected chi connectivity index (χ4v) is 4.13. The molecule has 1 saturated heterocycles. The Hall–Kier alpha value is -4.00. The van der Waals surface area contributed by atoms with Crippen molar-refractivity contribution in [1.29, 1.82) is 0 Å². The molecular formula is C26H36N4O9. The van der Waals surface area contributed by atoms with Crippen LogP contribution in [0, 0.1) is 0 Å². The summed E-state index contributed by atoms with van der Waals surface area (Å²) in [4.78, 5) is 75.3. The topological polar surface area (TPSA) is 194 Å². The number of aryl methyl sites for hydroxylation is 1. The summed E-state index contributed by atoms with van der Waals surface area (Å²) in [6, 6.07) is 6.50. The van der Waals surface area contributed by atoms with Crippen LogP contribution in [0.2, 0.25) is 0 Å². The SMILES string of the molecule is COC(=O)C(=O)N[C@@H](CC(N)=O)C(=O)N[C@H]1CCN(C(=O)CCCc2ccccc2)[C@@]1(O)C(=O)OC(C)(C)C. The Balaban J connectivity index is 2.25. The fraction of sp³-hybridized carbons (Fsp3) is 0.538. The number of aliphatic hydroxyl groups is 1. The van der Waals surface area contributed by atoms with Crippen LogP contribution in [-0.2, 0) is 44.7 Å². The minimum atomic E-state index is -2.57. The molecule has 1 aromatic carbocycles. The lowest BCUT2D eigenvalue weighted by Gasteiger charge is -2.37. The number of ether oxygens (including phenoxy) is 2. The van der Waals surface area contributed by atoms with E-state index in [1.54, 1.807) is 20.8 Å². The number of nitrogens with one attached hydrogen (secondary N) is 2. The average molecular weight is 549 g/mol. The third kappa shape index (κ3) is 8.50. The first-order valence-electron chi connectivity index (χ1n) is 12.5. The van der Waals surface area contributed by atoms with Gasteiger partial charge in [0.2, 0.25) is 17.7 Å². The molecule has 4 amide bonds. The van der Waals surface area contributed by atoms with Gasteiger partial charge in [0, 0.05) is 13.0 Å². The number of benzene rings is 1. The molecule has 5 N–H and O–H groups in total. The monoisotopic (exact) mass is 548 g/mol. The van der Waals surface area contributed by atoms with E-state index >= 15 is 0 Å². The zero-order chi connectivity index (χ0) is 29.4. The van der Waals surface area contributed by atoms with E-state index in [0.717, 1.165) is 17.6 Å². The Morgan fingerprint density at radius 2 is 1.79 bits per heavy atom. The molecule has 1 aromatic rings. The van der Waals surface area contributed by atoms with Crippen LogP contribution in [-0.4, -0.2) is 82.6 Å². The summed E-state index contributed by atoms with van der Waals surface area (Å²) in [6.45, 7) is 4.65. The predicted molar refractivity (Wildman–Crippen MR) is 136 cm³/mol. The standard InChI is InChI=1S/C26H36N4O9/c1-25(2,3)39-24(36)26(37)18(29-21(33)17(15-19(27)31)28-22(34)23(35)38-4)13-14-30(26)20(32)12-8-11-16-9-6-5-7-10-16/h5-7,9-10,17-18,37H,8,11-15H2,1-4H3,(H2,27,31)(H,28,34)(H,29,33)/t17-,18-,26-/m0/s1. The van der Waals surface area contributed by atoms with Gasteiger partial charge in [0.1, 0.15) is 11.6 Å². The summed E-state index contributed by atoms with van der Waals surface area (Å²) >= 11 is 0. The van der Waals surface area contributed by atoms with Gasteiger partial charge in [-0.3, -0.25) is 19.2 Å². The van der Waals surface area contributed by atoms with Gasteiger partial charge in [0.05, 0.1) is 19.6 Å². The molecule has 0 bridgehead atoms. The first-order valence-corrected chi connectivity index (χ1v) is 12.5. The van der Waals surface area contributed by atoms with Gasteiger partial charge in [-0.1, -0.05) is 30.3 Å². The van der Waals surface area contributed by atoms with E-state index < -0.39 is 65.4 Å². The second kappa shape index (κ2) is 13.2. The molecule has 0 radical (unpaired) electrons. The third-order valence-corrected chi connectivity index (χ3v) is 5.95. The van der Waals surface area contributed by atoms with Crippen molar-refractivity contribution < 1.29 is 43.3 Å². The van der Waals surface area contributed by atoms with Crippen LogP contribution in [0.15, 0.2) is 30.3 Å². The number of methoxy groups -OCH3 is 1. The summed E-state index contributed by atoms with van der Waals surface area (Å²) in [5.41, 5.74) is 2.60. The number of nitrogens with two attached hydrogens (primary N) is 1. The molecule has 39 heavy (non-hydrogen) atoms. The highest BCUT2D eigenvalue weighted by Crippen LogP contribution is 2.31. The normalized spacial score (nSPS) is 19.5. The van der Waals surface area contributed by atoms with Crippen LogP contribution in [0.1, 0.15) is 52.0 Å². The number of rotatable bonds is 10. The van der Waals surface area contributed by atoms with Crippen LogP contribution in [0.4, 0.5) is 0 Å². The Kier molecular flexibility index (Phi) is 10.6. The number of esters is 2. The number of nitrogens with zero attached hydrogens (tertiary/aromatic N) is 1. The van der Waals surface area contributed by atoms with Crippen molar-refractivity contribution in [2.75, 3.05) is 13.7 Å². The molecule has 3 atom stereocenters. The average Bonchev–Trinajstić information content (AvgIpc) is 3.19. The van der Waals surface area contributed by atoms with E-state index in [9.17, 15) is 33.9 Å². The molecule has 13 heteroatoms. The summed E-state index contributed by atoms with van der Waals surface area (Å²) in [6.07, 6.45) is 0.329. The molecule has 0 spiro atoms. The first-order chi connectivity index (χ1) is 18.2. The maximum atomic E-state index is 13.2. The summed E-state index contributed by atoms with van der Waals surface area (Å²) < 4.78 is 9.69. The number of carbonyl (C=O) groups is 6. The quantitative estimate of drug-likeness (QED) is 0.216. The van der Waals surface area contributed by atoms with Gasteiger partial charge in [-0.25, -0.2) is 9.59 Å². The minimum Gasteiger partial charge on any atom is -0.462 e. The van der Waals surface area contributed by atoms with Gasteiger partial charge in [-0.2, -0.15) is 0 Å². The maximum Gasteiger partial charge on any atom is 0.396 e. The van der Waals surface area contributed by atoms with Crippen molar-refractivity contribution in [2.45, 2.75) is 76.3 Å². The van der Waals surface area contributed by atoms with Crippen LogP contribution < -0.4 is 16.4 Å². The molecule has 1 fully saturated rings. The molecule has 1 heterocycles. The van der Waals surface area contributed by atoms with E-state index in [4.69, 9.17) is 10.5 Å². The second-order valence-electron chi connectivity index (χ2n) is 10.2. The Morgan fingerprint density at radius 1 is 1.15 bits per heavy atom. The molecule has 0 saturated carbocycles. The molecular weight excluding hydrogens is 512 g/mol. The number of primary amides is 1. The largest absolute Gasteiger partial charge is 0.462 e. The van der Waals surface area contributed by atoms with Crippen molar-refractivity contribution in [1.82, 2.24) is 15.5 Å². The van der Waals surface area contributed by atoms with Gasteiger partial charge < -0.3 is 35.8 Å². The lowest BCUT2D eigenvalue weighted by atomic mass is 10.0. The molecule has 1 aliphatic heterocycles. The lowest BCUT2D eigenvalue weighted by Crippen LogP contribution is -2.65. The highest BCUT2D eigenvalue weighted by atomic mass is 16.6. The van der Waals surface area contributed by atoms with E-state index in [-0.39, 0.29) is 19.4 Å². The Morgan fingerprint density at radius 3 is 2.36 bits per heavy atom. The summed E-state index contributed by atoms with van der Waals surface area (Å²) in [5.74, 6) is -6.28. The van der Waals surface area contributed by atoms with Crippen LogP contribution in [0.3, 0.4) is 0 Å². The molecule has 214 valence electrons. The van der Waals surface area contributed by atoms with Crippen LogP contribution in [0.25, 0.3) is 0 Å². The highest BCUT2D eigenvalue weighted by Gasteiger charge is 2.58. The molecule has 0 aliphatic carbocycles. The molecule has 1 aliphatic rings. The zero-order valence-electron chi connectivity index (χ0n) is 22.5. The van der Waals surface area contributed by atoms with E-state index in [1.165, 1.54) is 0 Å². The minimum absolute atomic E-state index is 0.0140. The van der Waals surface area contributed by atoms with Gasteiger partial charge in [0.25, 0.3) is 5.72 Å². The van der Waals surface area contributed by atoms with Crippen molar-refractivity contribution in [3.63, 3.8) is 0 Å². The second-order valence-corrected chi connectivity index (χ2v) is 10.2. The van der Waals surface area contributed by atoms with Crippen LogP contribution in [0.5, 0.6) is 0 Å². The van der Waals surface area contributed by atoms with E-state index in [0.29, 0.717) is 12.8 Å².